The molecule has 118 valence electrons. The van der Waals surface area contributed by atoms with Crippen molar-refractivity contribution in [3.63, 3.8) is 0 Å². The smallest absolute Gasteiger partial charge is 0.317 e. The zero-order valence-electron chi connectivity index (χ0n) is 11.4. The highest BCUT2D eigenvalue weighted by Crippen LogP contribution is 2.34. The number of hydrogen-bond donors (Lipinski definition) is 2. The van der Waals surface area contributed by atoms with Crippen molar-refractivity contribution in [3.8, 4) is 0 Å². The van der Waals surface area contributed by atoms with Crippen LogP contribution in [0.1, 0.15) is 24.0 Å². The molecule has 2 aliphatic heterocycles. The lowest BCUT2D eigenvalue weighted by atomic mass is 9.89. The molecule has 8 heteroatoms. The van der Waals surface area contributed by atoms with E-state index in [1.807, 2.05) is 0 Å². The van der Waals surface area contributed by atoms with Crippen LogP contribution in [0, 0.1) is 0 Å². The highest BCUT2D eigenvalue weighted by molar-refractivity contribution is 6.35. The number of halogens is 4. The maximum absolute atomic E-state index is 12.8. The van der Waals surface area contributed by atoms with E-state index in [0.29, 0.717) is 25.9 Å². The van der Waals surface area contributed by atoms with Gasteiger partial charge in [0.15, 0.2) is 0 Å². The van der Waals surface area contributed by atoms with Crippen LogP contribution in [-0.2, 0) is 11.0 Å². The number of benzene rings is 1. The highest BCUT2D eigenvalue weighted by Gasteiger charge is 2.45. The van der Waals surface area contributed by atoms with Gasteiger partial charge in [0.05, 0.1) is 10.6 Å². The topological polar surface area (TPSA) is 53.5 Å². The van der Waals surface area contributed by atoms with E-state index in [1.165, 1.54) is 6.07 Å². The van der Waals surface area contributed by atoms with E-state index in [1.54, 1.807) is 0 Å². The summed E-state index contributed by atoms with van der Waals surface area (Å²) in [6.45, 7) is 1.28. The van der Waals surface area contributed by atoms with Crippen molar-refractivity contribution in [2.24, 2.45) is 4.99 Å². The molecule has 0 unspecified atom stereocenters. The molecule has 2 N–H and O–H groups in total. The molecule has 0 radical (unpaired) electrons. The number of aliphatic imine (C=N–C) groups is 1. The van der Waals surface area contributed by atoms with Crippen LogP contribution in [0.5, 0.6) is 0 Å². The molecule has 1 saturated heterocycles. The Morgan fingerprint density at radius 1 is 1.23 bits per heavy atom. The van der Waals surface area contributed by atoms with Gasteiger partial charge >= 0.3 is 6.18 Å². The predicted octanol–water partition coefficient (Wildman–Crippen LogP) is 2.36. The zero-order valence-corrected chi connectivity index (χ0v) is 12.2. The summed E-state index contributed by atoms with van der Waals surface area (Å²) in [7, 11) is 0. The largest absolute Gasteiger partial charge is 0.416 e. The summed E-state index contributed by atoms with van der Waals surface area (Å²) in [5.41, 5.74) is -1.62. The number of piperidine rings is 1. The van der Waals surface area contributed by atoms with Crippen LogP contribution in [0.2, 0.25) is 5.02 Å². The van der Waals surface area contributed by atoms with E-state index < -0.39 is 17.3 Å². The molecule has 0 aromatic heterocycles. The van der Waals surface area contributed by atoms with Gasteiger partial charge in [-0.1, -0.05) is 11.6 Å². The van der Waals surface area contributed by atoms with Crippen molar-refractivity contribution in [1.82, 2.24) is 10.6 Å². The van der Waals surface area contributed by atoms with Gasteiger partial charge in [-0.25, -0.2) is 0 Å². The number of rotatable bonds is 1. The Labute approximate surface area is 129 Å². The minimum atomic E-state index is -4.48. The SMILES string of the molecule is O=C1NC(c2cc(C(F)(F)F)ccc2Cl)=NC12CCNCC2. The van der Waals surface area contributed by atoms with Gasteiger partial charge in [0.25, 0.3) is 5.91 Å². The van der Waals surface area contributed by atoms with Crippen LogP contribution in [0.25, 0.3) is 0 Å². The molecule has 1 aromatic rings. The molecule has 0 saturated carbocycles. The fraction of sp³-hybridized carbons (Fsp3) is 0.429. The third kappa shape index (κ3) is 2.59. The summed E-state index contributed by atoms with van der Waals surface area (Å²) in [6, 6.07) is 2.99. The lowest BCUT2D eigenvalue weighted by Gasteiger charge is -2.28. The number of nitrogens with one attached hydrogen (secondary N) is 2. The Morgan fingerprint density at radius 3 is 2.55 bits per heavy atom. The molecule has 1 spiro atoms. The third-order valence-electron chi connectivity index (χ3n) is 3.96. The van der Waals surface area contributed by atoms with Crippen LogP contribution in [0.15, 0.2) is 23.2 Å². The Kier molecular flexibility index (Phi) is 3.65. The summed E-state index contributed by atoms with van der Waals surface area (Å²) >= 11 is 5.99. The molecule has 3 rings (SSSR count). The minimum absolute atomic E-state index is 0.0975. The van der Waals surface area contributed by atoms with E-state index in [2.05, 4.69) is 15.6 Å². The normalized spacial score (nSPS) is 20.9. The van der Waals surface area contributed by atoms with Crippen molar-refractivity contribution in [3.05, 3.63) is 34.3 Å². The number of nitrogens with zero attached hydrogens (tertiary/aromatic N) is 1. The Hall–Kier alpha value is -1.60. The number of carbonyl (C=O) groups excluding carboxylic acids is 1. The second-order valence-corrected chi connectivity index (χ2v) is 5.80. The van der Waals surface area contributed by atoms with Crippen LogP contribution >= 0.6 is 11.6 Å². The van der Waals surface area contributed by atoms with Crippen molar-refractivity contribution in [2.45, 2.75) is 24.6 Å². The second-order valence-electron chi connectivity index (χ2n) is 5.39. The van der Waals surface area contributed by atoms with Crippen molar-refractivity contribution < 1.29 is 18.0 Å². The lowest BCUT2D eigenvalue weighted by Crippen LogP contribution is -2.47. The summed E-state index contributed by atoms with van der Waals surface area (Å²) in [5.74, 6) is -0.166. The zero-order chi connectivity index (χ0) is 16.0. The van der Waals surface area contributed by atoms with Crippen LogP contribution in [0.4, 0.5) is 13.2 Å². The quantitative estimate of drug-likeness (QED) is 0.830. The van der Waals surface area contributed by atoms with Crippen LogP contribution in [0.3, 0.4) is 0 Å². The Balaban J connectivity index is 2.01. The van der Waals surface area contributed by atoms with Gasteiger partial charge in [-0.05, 0) is 44.1 Å². The molecular weight excluding hydrogens is 319 g/mol. The number of hydrogen-bond acceptors (Lipinski definition) is 3. The van der Waals surface area contributed by atoms with Gasteiger partial charge in [0, 0.05) is 5.56 Å². The molecule has 1 aromatic carbocycles. The van der Waals surface area contributed by atoms with Gasteiger partial charge in [-0.2, -0.15) is 13.2 Å². The summed E-state index contributed by atoms with van der Waals surface area (Å²) in [6.07, 6.45) is -3.45. The average Bonchev–Trinajstić information content (AvgIpc) is 2.76. The highest BCUT2D eigenvalue weighted by atomic mass is 35.5. The molecular formula is C14H13ClF3N3O. The monoisotopic (exact) mass is 331 g/mol. The lowest BCUT2D eigenvalue weighted by molar-refractivity contribution is -0.137. The molecule has 0 bridgehead atoms. The number of amidine groups is 1. The average molecular weight is 332 g/mol. The first kappa shape index (κ1) is 15.3. The van der Waals surface area contributed by atoms with Gasteiger partial charge in [0.1, 0.15) is 11.4 Å². The molecule has 1 amide bonds. The first-order valence-corrected chi connectivity index (χ1v) is 7.19. The maximum Gasteiger partial charge on any atom is 0.416 e. The number of alkyl halides is 3. The minimum Gasteiger partial charge on any atom is -0.317 e. The van der Waals surface area contributed by atoms with E-state index in [0.717, 1.165) is 12.1 Å². The molecule has 4 nitrogen and oxygen atoms in total. The number of amides is 1. The fourth-order valence-corrected chi connectivity index (χ4v) is 2.91. The van der Waals surface area contributed by atoms with Gasteiger partial charge in [-0.15, -0.1) is 0 Å². The molecule has 2 heterocycles. The fourth-order valence-electron chi connectivity index (χ4n) is 2.71. The van der Waals surface area contributed by atoms with Gasteiger partial charge in [-0.3, -0.25) is 9.79 Å². The van der Waals surface area contributed by atoms with Gasteiger partial charge < -0.3 is 10.6 Å². The molecule has 22 heavy (non-hydrogen) atoms. The first-order valence-electron chi connectivity index (χ1n) is 6.81. The van der Waals surface area contributed by atoms with Crippen molar-refractivity contribution >= 4 is 23.3 Å². The van der Waals surface area contributed by atoms with Crippen molar-refractivity contribution in [2.75, 3.05) is 13.1 Å². The van der Waals surface area contributed by atoms with E-state index in [4.69, 9.17) is 11.6 Å². The number of carbonyl (C=O) groups is 1. The molecule has 0 atom stereocenters. The van der Waals surface area contributed by atoms with Gasteiger partial charge in [0.2, 0.25) is 0 Å². The van der Waals surface area contributed by atoms with E-state index >= 15 is 0 Å². The summed E-state index contributed by atoms with van der Waals surface area (Å²) in [4.78, 5) is 16.6. The first-order chi connectivity index (χ1) is 10.3. The molecule has 0 aliphatic carbocycles. The van der Waals surface area contributed by atoms with Crippen LogP contribution < -0.4 is 10.6 Å². The Bertz CT molecular complexity index is 651. The standard InChI is InChI=1S/C14H13ClF3N3O/c15-10-2-1-8(14(16,17)18)7-9(10)11-20-12(22)13(21-11)3-5-19-6-4-13/h1-2,7,19H,3-6H2,(H,20,21,22). The Morgan fingerprint density at radius 2 is 1.91 bits per heavy atom. The van der Waals surface area contributed by atoms with E-state index in [-0.39, 0.29) is 22.3 Å². The maximum atomic E-state index is 12.8. The van der Waals surface area contributed by atoms with Crippen molar-refractivity contribution in [1.29, 1.82) is 0 Å². The summed E-state index contributed by atoms with van der Waals surface area (Å²) in [5, 5.41) is 5.83. The summed E-state index contributed by atoms with van der Waals surface area (Å²) < 4.78 is 38.5. The predicted molar refractivity (Wildman–Crippen MR) is 76.0 cm³/mol. The van der Waals surface area contributed by atoms with Crippen LogP contribution in [-0.4, -0.2) is 30.4 Å². The molecule has 1 fully saturated rings. The third-order valence-corrected chi connectivity index (χ3v) is 4.29. The van der Waals surface area contributed by atoms with E-state index in [9.17, 15) is 18.0 Å². The molecule has 2 aliphatic rings. The second kappa shape index (κ2) is 5.24.